The molecule has 1 aromatic rings. The Morgan fingerprint density at radius 2 is 1.86 bits per heavy atom. The van der Waals surface area contributed by atoms with Crippen LogP contribution >= 0.6 is 31.9 Å². The van der Waals surface area contributed by atoms with E-state index in [-0.39, 0.29) is 10.9 Å². The lowest BCUT2D eigenvalue weighted by Crippen LogP contribution is -2.50. The van der Waals surface area contributed by atoms with Gasteiger partial charge in [0.05, 0.1) is 17.0 Å². The van der Waals surface area contributed by atoms with Crippen LogP contribution in [0.15, 0.2) is 32.0 Å². The number of sulfonamides is 1. The Morgan fingerprint density at radius 1 is 1.24 bits per heavy atom. The van der Waals surface area contributed by atoms with Crippen LogP contribution in [0.5, 0.6) is 0 Å². The lowest BCUT2D eigenvalue weighted by atomic mass is 10.2. The number of nitrogens with zero attached hydrogens (tertiary/aromatic N) is 3. The number of halogens is 2. The molecule has 8 heteroatoms. The Balaban J connectivity index is 2.19. The minimum Gasteiger partial charge on any atom is -0.286 e. The summed E-state index contributed by atoms with van der Waals surface area (Å²) in [5.74, 6) is 0. The number of hydrogen-bond donors (Lipinski definition) is 0. The summed E-state index contributed by atoms with van der Waals surface area (Å²) in [4.78, 5) is 2.25. The standard InChI is InChI=1S/C13H15Br2N3O2S/c1-10(9-16)17-4-6-18(7-5-17)21(19,20)13-8-11(14)2-3-12(13)15/h2-3,8,10H,4-7H2,1H3. The molecule has 1 aliphatic rings. The molecular weight excluding hydrogens is 422 g/mol. The highest BCUT2D eigenvalue weighted by Crippen LogP contribution is 2.28. The van der Waals surface area contributed by atoms with E-state index in [1.54, 1.807) is 18.2 Å². The molecule has 1 aromatic carbocycles. The van der Waals surface area contributed by atoms with E-state index >= 15 is 0 Å². The van der Waals surface area contributed by atoms with Crippen molar-refractivity contribution in [3.8, 4) is 6.07 Å². The quantitative estimate of drug-likeness (QED) is 0.729. The maximum Gasteiger partial charge on any atom is 0.244 e. The van der Waals surface area contributed by atoms with Crippen molar-refractivity contribution in [1.29, 1.82) is 5.26 Å². The van der Waals surface area contributed by atoms with Gasteiger partial charge in [0.1, 0.15) is 0 Å². The van der Waals surface area contributed by atoms with Crippen LogP contribution in [0.2, 0.25) is 0 Å². The van der Waals surface area contributed by atoms with Gasteiger partial charge in [-0.1, -0.05) is 15.9 Å². The van der Waals surface area contributed by atoms with Crippen molar-refractivity contribution in [2.45, 2.75) is 17.9 Å². The molecule has 21 heavy (non-hydrogen) atoms. The number of rotatable bonds is 3. The zero-order valence-corrected chi connectivity index (χ0v) is 15.4. The monoisotopic (exact) mass is 435 g/mol. The van der Waals surface area contributed by atoms with E-state index < -0.39 is 10.0 Å². The van der Waals surface area contributed by atoms with Gasteiger partial charge in [0.2, 0.25) is 10.0 Å². The third kappa shape index (κ3) is 3.66. The lowest BCUT2D eigenvalue weighted by Gasteiger charge is -2.35. The van der Waals surface area contributed by atoms with Gasteiger partial charge in [0, 0.05) is 35.1 Å². The topological polar surface area (TPSA) is 64.4 Å². The molecule has 0 spiro atoms. The highest BCUT2D eigenvalue weighted by atomic mass is 79.9. The predicted octanol–water partition coefficient (Wildman–Crippen LogP) is 2.43. The van der Waals surface area contributed by atoms with Crippen molar-refractivity contribution in [1.82, 2.24) is 9.21 Å². The molecule has 114 valence electrons. The maximum atomic E-state index is 12.7. The fourth-order valence-electron chi connectivity index (χ4n) is 2.23. The summed E-state index contributed by atoms with van der Waals surface area (Å²) in [6, 6.07) is 7.09. The highest BCUT2D eigenvalue weighted by Gasteiger charge is 2.31. The van der Waals surface area contributed by atoms with Gasteiger partial charge in [-0.2, -0.15) is 9.57 Å². The van der Waals surface area contributed by atoms with Crippen LogP contribution in [0.3, 0.4) is 0 Å². The molecule has 1 fully saturated rings. The van der Waals surface area contributed by atoms with Gasteiger partial charge in [-0.25, -0.2) is 8.42 Å². The fourth-order valence-corrected chi connectivity index (χ4v) is 5.11. The Morgan fingerprint density at radius 3 is 2.43 bits per heavy atom. The molecule has 1 atom stereocenters. The molecule has 0 amide bonds. The van der Waals surface area contributed by atoms with Crippen LogP contribution in [0.4, 0.5) is 0 Å². The van der Waals surface area contributed by atoms with Crippen LogP contribution in [0.25, 0.3) is 0 Å². The second-order valence-corrected chi connectivity index (χ2v) is 8.50. The molecule has 0 bridgehead atoms. The van der Waals surface area contributed by atoms with Crippen LogP contribution in [-0.2, 0) is 10.0 Å². The molecule has 0 saturated carbocycles. The van der Waals surface area contributed by atoms with E-state index in [9.17, 15) is 8.42 Å². The summed E-state index contributed by atoms with van der Waals surface area (Å²) >= 11 is 6.60. The molecule has 0 aliphatic carbocycles. The smallest absolute Gasteiger partial charge is 0.244 e. The van der Waals surface area contributed by atoms with E-state index in [4.69, 9.17) is 5.26 Å². The SMILES string of the molecule is CC(C#N)N1CCN(S(=O)(=O)c2cc(Br)ccc2Br)CC1. The number of nitriles is 1. The Labute approximate surface area is 141 Å². The van der Waals surface area contributed by atoms with Gasteiger partial charge in [-0.05, 0) is 41.1 Å². The number of piperazine rings is 1. The molecule has 5 nitrogen and oxygen atoms in total. The van der Waals surface area contributed by atoms with Crippen LogP contribution in [0.1, 0.15) is 6.92 Å². The minimum absolute atomic E-state index is 0.188. The van der Waals surface area contributed by atoms with Gasteiger partial charge < -0.3 is 0 Å². The molecule has 1 heterocycles. The van der Waals surface area contributed by atoms with Gasteiger partial charge in [-0.15, -0.1) is 0 Å². The minimum atomic E-state index is -3.52. The van der Waals surface area contributed by atoms with Crippen molar-refractivity contribution >= 4 is 41.9 Å². The first-order chi connectivity index (χ1) is 9.86. The van der Waals surface area contributed by atoms with Crippen LogP contribution in [-0.4, -0.2) is 49.8 Å². The second kappa shape index (κ2) is 6.75. The molecule has 0 aromatic heterocycles. The van der Waals surface area contributed by atoms with Crippen LogP contribution in [0, 0.1) is 11.3 Å². The molecule has 0 N–H and O–H groups in total. The first-order valence-electron chi connectivity index (χ1n) is 6.45. The fraction of sp³-hybridized carbons (Fsp3) is 0.462. The predicted molar refractivity (Wildman–Crippen MR) is 87.2 cm³/mol. The van der Waals surface area contributed by atoms with Crippen molar-refractivity contribution in [3.05, 3.63) is 27.1 Å². The summed E-state index contributed by atoms with van der Waals surface area (Å²) in [6.07, 6.45) is 0. The third-order valence-corrected chi connectivity index (χ3v) is 6.90. The van der Waals surface area contributed by atoms with E-state index in [2.05, 4.69) is 37.9 Å². The first-order valence-corrected chi connectivity index (χ1v) is 9.47. The number of hydrogen-bond acceptors (Lipinski definition) is 4. The van der Waals surface area contributed by atoms with E-state index in [0.717, 1.165) is 4.47 Å². The zero-order chi connectivity index (χ0) is 15.6. The second-order valence-electron chi connectivity index (χ2n) is 4.82. The van der Waals surface area contributed by atoms with Gasteiger partial charge in [0.25, 0.3) is 0 Å². The molecule has 1 unspecified atom stereocenters. The van der Waals surface area contributed by atoms with E-state index in [1.165, 1.54) is 4.31 Å². The van der Waals surface area contributed by atoms with Gasteiger partial charge >= 0.3 is 0 Å². The Hall–Kier alpha value is -0.460. The molecular formula is C13H15Br2N3O2S. The Kier molecular flexibility index (Phi) is 5.43. The lowest BCUT2D eigenvalue weighted by molar-refractivity contribution is 0.169. The summed E-state index contributed by atoms with van der Waals surface area (Å²) in [5.41, 5.74) is 0. The average Bonchev–Trinajstić information content (AvgIpc) is 2.49. The molecule has 1 aliphatic heterocycles. The van der Waals surface area contributed by atoms with Gasteiger partial charge in [-0.3, -0.25) is 4.90 Å². The van der Waals surface area contributed by atoms with Crippen molar-refractivity contribution in [2.24, 2.45) is 0 Å². The van der Waals surface area contributed by atoms with Crippen molar-refractivity contribution in [2.75, 3.05) is 26.2 Å². The summed E-state index contributed by atoms with van der Waals surface area (Å²) in [5, 5.41) is 8.92. The highest BCUT2D eigenvalue weighted by molar-refractivity contribution is 9.11. The van der Waals surface area contributed by atoms with Gasteiger partial charge in [0.15, 0.2) is 0 Å². The summed E-state index contributed by atoms with van der Waals surface area (Å²) in [7, 11) is -3.52. The van der Waals surface area contributed by atoms with E-state index in [1.807, 2.05) is 11.8 Å². The molecule has 0 radical (unpaired) electrons. The largest absolute Gasteiger partial charge is 0.286 e. The van der Waals surface area contributed by atoms with E-state index in [0.29, 0.717) is 30.7 Å². The Bertz CT molecular complexity index is 664. The summed E-state index contributed by atoms with van der Waals surface area (Å²) < 4.78 is 28.1. The van der Waals surface area contributed by atoms with Crippen molar-refractivity contribution < 1.29 is 8.42 Å². The normalized spacial score (nSPS) is 19.1. The average molecular weight is 437 g/mol. The zero-order valence-electron chi connectivity index (χ0n) is 11.5. The summed E-state index contributed by atoms with van der Waals surface area (Å²) in [6.45, 7) is 3.76. The first kappa shape index (κ1) is 16.9. The maximum absolute atomic E-state index is 12.7. The molecule has 1 saturated heterocycles. The third-order valence-electron chi connectivity index (χ3n) is 3.52. The van der Waals surface area contributed by atoms with Crippen LogP contribution < -0.4 is 0 Å². The molecule has 2 rings (SSSR count). The van der Waals surface area contributed by atoms with Crippen molar-refractivity contribution in [3.63, 3.8) is 0 Å². The number of benzene rings is 1.